The molecule has 138 valence electrons. The van der Waals surface area contributed by atoms with Crippen molar-refractivity contribution in [3.63, 3.8) is 0 Å². The molecule has 2 amide bonds. The molecule has 0 aliphatic carbocycles. The molecule has 2 atom stereocenters. The van der Waals surface area contributed by atoms with Gasteiger partial charge in [-0.3, -0.25) is 4.90 Å². The van der Waals surface area contributed by atoms with E-state index in [1.54, 1.807) is 0 Å². The topological polar surface area (TPSA) is 54.0 Å². The molecule has 2 fully saturated rings. The lowest BCUT2D eigenvalue weighted by molar-refractivity contribution is 0.0162. The summed E-state index contributed by atoms with van der Waals surface area (Å²) in [5, 5.41) is 3.04. The Morgan fingerprint density at radius 1 is 1.24 bits per heavy atom. The summed E-state index contributed by atoms with van der Waals surface area (Å²) in [5.74, 6) is 0. The Balaban J connectivity index is 1.48. The molecule has 2 heterocycles. The highest BCUT2D eigenvalue weighted by atomic mass is 16.5. The SMILES string of the molecule is C[C@@H]1COCCN1C(=O)NCC1CN(Cc2ccccc2)CCCO1. The Kier molecular flexibility index (Phi) is 6.67. The van der Waals surface area contributed by atoms with Gasteiger partial charge >= 0.3 is 6.03 Å². The van der Waals surface area contributed by atoms with Crippen molar-refractivity contribution >= 4 is 6.03 Å². The van der Waals surface area contributed by atoms with Crippen molar-refractivity contribution in [2.45, 2.75) is 32.0 Å². The van der Waals surface area contributed by atoms with Gasteiger partial charge in [-0.15, -0.1) is 0 Å². The highest BCUT2D eigenvalue weighted by Gasteiger charge is 2.25. The first-order chi connectivity index (χ1) is 12.2. The van der Waals surface area contributed by atoms with Gasteiger partial charge in [0.15, 0.2) is 0 Å². The Hall–Kier alpha value is -1.63. The maximum atomic E-state index is 12.4. The van der Waals surface area contributed by atoms with Crippen molar-refractivity contribution in [2.24, 2.45) is 0 Å². The van der Waals surface area contributed by atoms with E-state index in [-0.39, 0.29) is 18.2 Å². The highest BCUT2D eigenvalue weighted by Crippen LogP contribution is 2.11. The average molecular weight is 347 g/mol. The maximum absolute atomic E-state index is 12.4. The van der Waals surface area contributed by atoms with E-state index >= 15 is 0 Å². The third kappa shape index (κ3) is 5.42. The number of carbonyl (C=O) groups is 1. The number of benzene rings is 1. The number of morpholine rings is 1. The van der Waals surface area contributed by atoms with Gasteiger partial charge in [0.2, 0.25) is 0 Å². The lowest BCUT2D eigenvalue weighted by Gasteiger charge is -2.33. The molecule has 25 heavy (non-hydrogen) atoms. The van der Waals surface area contributed by atoms with Gasteiger partial charge in [-0.25, -0.2) is 4.79 Å². The van der Waals surface area contributed by atoms with Crippen LogP contribution in [0.5, 0.6) is 0 Å². The zero-order valence-electron chi connectivity index (χ0n) is 15.0. The smallest absolute Gasteiger partial charge is 0.317 e. The number of nitrogens with zero attached hydrogens (tertiary/aromatic N) is 2. The Labute approximate surface area is 150 Å². The van der Waals surface area contributed by atoms with E-state index in [4.69, 9.17) is 9.47 Å². The van der Waals surface area contributed by atoms with Crippen molar-refractivity contribution in [2.75, 3.05) is 46.0 Å². The number of hydrogen-bond acceptors (Lipinski definition) is 4. The molecule has 6 nitrogen and oxygen atoms in total. The summed E-state index contributed by atoms with van der Waals surface area (Å²) >= 11 is 0. The minimum Gasteiger partial charge on any atom is -0.377 e. The van der Waals surface area contributed by atoms with Crippen molar-refractivity contribution in [1.29, 1.82) is 0 Å². The molecular formula is C19H29N3O3. The molecule has 6 heteroatoms. The predicted molar refractivity (Wildman–Crippen MR) is 96.5 cm³/mol. The van der Waals surface area contributed by atoms with Gasteiger partial charge in [0.05, 0.1) is 25.4 Å². The first-order valence-electron chi connectivity index (χ1n) is 9.22. The number of urea groups is 1. The van der Waals surface area contributed by atoms with Crippen LogP contribution >= 0.6 is 0 Å². The largest absolute Gasteiger partial charge is 0.377 e. The van der Waals surface area contributed by atoms with Crippen molar-refractivity contribution in [3.8, 4) is 0 Å². The summed E-state index contributed by atoms with van der Waals surface area (Å²) < 4.78 is 11.3. The van der Waals surface area contributed by atoms with Gasteiger partial charge in [-0.05, 0) is 18.9 Å². The van der Waals surface area contributed by atoms with Crippen LogP contribution in [0.25, 0.3) is 0 Å². The fourth-order valence-corrected chi connectivity index (χ4v) is 3.41. The lowest BCUT2D eigenvalue weighted by Crippen LogP contribution is -2.53. The number of ether oxygens (including phenoxy) is 2. The van der Waals surface area contributed by atoms with Crippen LogP contribution in [-0.2, 0) is 16.0 Å². The number of rotatable bonds is 4. The molecule has 0 spiro atoms. The molecule has 1 N–H and O–H groups in total. The molecule has 0 aromatic heterocycles. The summed E-state index contributed by atoms with van der Waals surface area (Å²) in [6.45, 7) is 7.98. The van der Waals surface area contributed by atoms with Crippen molar-refractivity contribution in [3.05, 3.63) is 35.9 Å². The number of nitrogens with one attached hydrogen (secondary N) is 1. The molecule has 1 aromatic carbocycles. The molecule has 3 rings (SSSR count). The normalized spacial score (nSPS) is 25.4. The van der Waals surface area contributed by atoms with E-state index in [9.17, 15) is 4.79 Å². The van der Waals surface area contributed by atoms with Crippen molar-refractivity contribution in [1.82, 2.24) is 15.1 Å². The van der Waals surface area contributed by atoms with Crippen molar-refractivity contribution < 1.29 is 14.3 Å². The molecule has 2 saturated heterocycles. The Morgan fingerprint density at radius 3 is 2.88 bits per heavy atom. The zero-order chi connectivity index (χ0) is 17.5. The van der Waals surface area contributed by atoms with E-state index in [1.807, 2.05) is 17.9 Å². The summed E-state index contributed by atoms with van der Waals surface area (Å²) in [6, 6.07) is 10.6. The second kappa shape index (κ2) is 9.17. The first kappa shape index (κ1) is 18.2. The Morgan fingerprint density at radius 2 is 2.08 bits per heavy atom. The van der Waals surface area contributed by atoms with Crippen LogP contribution in [-0.4, -0.2) is 74.0 Å². The lowest BCUT2D eigenvalue weighted by atomic mass is 10.2. The van der Waals surface area contributed by atoms with Gasteiger partial charge in [-0.2, -0.15) is 0 Å². The fourth-order valence-electron chi connectivity index (χ4n) is 3.41. The molecule has 2 aliphatic rings. The monoisotopic (exact) mass is 347 g/mol. The van der Waals surface area contributed by atoms with Crippen LogP contribution in [0.4, 0.5) is 4.79 Å². The van der Waals surface area contributed by atoms with E-state index in [0.717, 1.165) is 32.7 Å². The molecule has 1 unspecified atom stereocenters. The van der Waals surface area contributed by atoms with Gasteiger partial charge in [0.1, 0.15) is 0 Å². The molecule has 0 bridgehead atoms. The fraction of sp³-hybridized carbons (Fsp3) is 0.632. The molecule has 1 aromatic rings. The minimum absolute atomic E-state index is 0.0155. The van der Waals surface area contributed by atoms with Crippen LogP contribution in [0, 0.1) is 0 Å². The van der Waals surface area contributed by atoms with E-state index in [0.29, 0.717) is 26.3 Å². The van der Waals surface area contributed by atoms with Gasteiger partial charge in [-0.1, -0.05) is 30.3 Å². The predicted octanol–water partition coefficient (Wildman–Crippen LogP) is 1.71. The number of amides is 2. The maximum Gasteiger partial charge on any atom is 0.317 e. The molecular weight excluding hydrogens is 318 g/mol. The molecule has 0 saturated carbocycles. The first-order valence-corrected chi connectivity index (χ1v) is 9.22. The van der Waals surface area contributed by atoms with E-state index in [2.05, 4.69) is 34.5 Å². The summed E-state index contributed by atoms with van der Waals surface area (Å²) in [6.07, 6.45) is 1.06. The van der Waals surface area contributed by atoms with Crippen LogP contribution < -0.4 is 5.32 Å². The standard InChI is InChI=1S/C19H29N3O3/c1-16-15-24-11-9-22(16)19(23)20-12-18-14-21(8-5-10-25-18)13-17-6-3-2-4-7-17/h2-4,6-7,16,18H,5,8-15H2,1H3,(H,20,23)/t16-,18?/m1/s1. The van der Waals surface area contributed by atoms with Gasteiger partial charge in [0.25, 0.3) is 0 Å². The second-order valence-electron chi connectivity index (χ2n) is 6.87. The van der Waals surface area contributed by atoms with Crippen LogP contribution in [0.2, 0.25) is 0 Å². The Bertz CT molecular complexity index is 540. The summed E-state index contributed by atoms with van der Waals surface area (Å²) in [5.41, 5.74) is 1.31. The number of carbonyl (C=O) groups excluding carboxylic acids is 1. The van der Waals surface area contributed by atoms with Crippen LogP contribution in [0.15, 0.2) is 30.3 Å². The molecule has 2 aliphatic heterocycles. The average Bonchev–Trinajstić information content (AvgIpc) is 2.86. The van der Waals surface area contributed by atoms with E-state index in [1.165, 1.54) is 5.56 Å². The zero-order valence-corrected chi connectivity index (χ0v) is 15.0. The third-order valence-electron chi connectivity index (χ3n) is 4.79. The van der Waals surface area contributed by atoms with Crippen LogP contribution in [0.1, 0.15) is 18.9 Å². The molecule has 0 radical (unpaired) electrons. The number of hydrogen-bond donors (Lipinski definition) is 1. The summed E-state index contributed by atoms with van der Waals surface area (Å²) in [4.78, 5) is 16.7. The van der Waals surface area contributed by atoms with E-state index < -0.39 is 0 Å². The highest BCUT2D eigenvalue weighted by molar-refractivity contribution is 5.74. The minimum atomic E-state index is -0.0155. The second-order valence-corrected chi connectivity index (χ2v) is 6.87. The van der Waals surface area contributed by atoms with Crippen LogP contribution in [0.3, 0.4) is 0 Å². The van der Waals surface area contributed by atoms with Gasteiger partial charge < -0.3 is 19.7 Å². The third-order valence-corrected chi connectivity index (χ3v) is 4.79. The quantitative estimate of drug-likeness (QED) is 0.901. The van der Waals surface area contributed by atoms with Gasteiger partial charge in [0, 0.05) is 39.3 Å². The summed E-state index contributed by atoms with van der Waals surface area (Å²) in [7, 11) is 0.